The molecule has 1 N–H and O–H groups in total. The summed E-state index contributed by atoms with van der Waals surface area (Å²) in [5, 5.41) is 13.6. The van der Waals surface area contributed by atoms with Gasteiger partial charge in [-0.2, -0.15) is 0 Å². The average molecular weight is 472 g/mol. The van der Waals surface area contributed by atoms with Gasteiger partial charge in [-0.3, -0.25) is 19.7 Å². The molecule has 1 saturated heterocycles. The predicted molar refractivity (Wildman–Crippen MR) is 132 cm³/mol. The second-order valence-electron chi connectivity index (χ2n) is 8.16. The lowest BCUT2D eigenvalue weighted by Gasteiger charge is -2.27. The SMILES string of the molecule is O=C(N/C(=C/c1cccc(Oc2ccccc2)c1)C(=O)N1CCCCC1)c1ccc([N+](=O)[O-])cc1. The lowest BCUT2D eigenvalue weighted by atomic mass is 10.1. The van der Waals surface area contributed by atoms with Crippen LogP contribution >= 0.6 is 0 Å². The maximum Gasteiger partial charge on any atom is 0.270 e. The Balaban J connectivity index is 1.60. The molecule has 0 aliphatic carbocycles. The molecule has 3 aromatic rings. The highest BCUT2D eigenvalue weighted by atomic mass is 16.6. The third kappa shape index (κ3) is 6.32. The molecule has 8 heteroatoms. The first-order chi connectivity index (χ1) is 17.0. The molecular weight excluding hydrogens is 446 g/mol. The van der Waals surface area contributed by atoms with E-state index < -0.39 is 10.8 Å². The van der Waals surface area contributed by atoms with E-state index in [-0.39, 0.29) is 22.9 Å². The van der Waals surface area contributed by atoms with Crippen LogP contribution in [0.3, 0.4) is 0 Å². The number of nitrogens with one attached hydrogen (secondary N) is 1. The number of amides is 2. The number of piperidine rings is 1. The molecule has 0 saturated carbocycles. The van der Waals surface area contributed by atoms with E-state index in [2.05, 4.69) is 5.32 Å². The monoisotopic (exact) mass is 471 g/mol. The van der Waals surface area contributed by atoms with Gasteiger partial charge in [-0.15, -0.1) is 0 Å². The van der Waals surface area contributed by atoms with Gasteiger partial charge in [0.25, 0.3) is 17.5 Å². The first-order valence-corrected chi connectivity index (χ1v) is 11.4. The zero-order chi connectivity index (χ0) is 24.6. The average Bonchev–Trinajstić information content (AvgIpc) is 2.89. The molecule has 0 aromatic heterocycles. The topological polar surface area (TPSA) is 102 Å². The van der Waals surface area contributed by atoms with Crippen LogP contribution in [0.4, 0.5) is 5.69 Å². The molecule has 178 valence electrons. The smallest absolute Gasteiger partial charge is 0.270 e. The lowest BCUT2D eigenvalue weighted by molar-refractivity contribution is -0.384. The minimum atomic E-state index is -0.530. The third-order valence-corrected chi connectivity index (χ3v) is 5.61. The highest BCUT2D eigenvalue weighted by Crippen LogP contribution is 2.23. The Morgan fingerprint density at radius 3 is 2.26 bits per heavy atom. The van der Waals surface area contributed by atoms with Gasteiger partial charge in [0.05, 0.1) is 4.92 Å². The summed E-state index contributed by atoms with van der Waals surface area (Å²) >= 11 is 0. The Kier molecular flexibility index (Phi) is 7.52. The van der Waals surface area contributed by atoms with Crippen LogP contribution in [0.1, 0.15) is 35.2 Å². The number of hydrogen-bond acceptors (Lipinski definition) is 5. The quantitative estimate of drug-likeness (QED) is 0.291. The molecule has 1 aliphatic rings. The van der Waals surface area contributed by atoms with Crippen LogP contribution in [-0.4, -0.2) is 34.7 Å². The van der Waals surface area contributed by atoms with E-state index in [0.717, 1.165) is 19.3 Å². The Morgan fingerprint density at radius 2 is 1.57 bits per heavy atom. The van der Waals surface area contributed by atoms with E-state index in [1.165, 1.54) is 24.3 Å². The van der Waals surface area contributed by atoms with E-state index in [1.54, 1.807) is 17.0 Å². The van der Waals surface area contributed by atoms with Crippen LogP contribution in [0.2, 0.25) is 0 Å². The predicted octanol–water partition coefficient (Wildman–Crippen LogP) is 5.17. The standard InChI is InChI=1S/C27H25N3O5/c31-26(21-12-14-22(15-13-21)30(33)34)28-25(27(32)29-16-5-2-6-17-29)19-20-8-7-11-24(18-20)35-23-9-3-1-4-10-23/h1,3-4,7-15,18-19H,2,5-6,16-17H2,(H,28,31)/b25-19+. The number of nitrogens with zero attached hydrogens (tertiary/aromatic N) is 2. The van der Waals surface area contributed by atoms with Gasteiger partial charge in [-0.1, -0.05) is 30.3 Å². The maximum atomic E-state index is 13.3. The van der Waals surface area contributed by atoms with Crippen molar-refractivity contribution in [1.82, 2.24) is 10.2 Å². The molecule has 35 heavy (non-hydrogen) atoms. The number of nitro benzene ring substituents is 1. The Morgan fingerprint density at radius 1 is 0.886 bits per heavy atom. The zero-order valence-electron chi connectivity index (χ0n) is 19.1. The number of rotatable bonds is 7. The van der Waals surface area contributed by atoms with Gasteiger partial charge in [0.1, 0.15) is 17.2 Å². The van der Waals surface area contributed by atoms with Crippen molar-refractivity contribution in [1.29, 1.82) is 0 Å². The number of benzene rings is 3. The normalized spacial score (nSPS) is 13.7. The first-order valence-electron chi connectivity index (χ1n) is 11.4. The highest BCUT2D eigenvalue weighted by Gasteiger charge is 2.22. The van der Waals surface area contributed by atoms with Crippen LogP contribution in [0.5, 0.6) is 11.5 Å². The van der Waals surface area contributed by atoms with Gasteiger partial charge < -0.3 is 15.0 Å². The Bertz CT molecular complexity index is 1230. The number of para-hydroxylation sites is 1. The second-order valence-corrected chi connectivity index (χ2v) is 8.16. The van der Waals surface area contributed by atoms with Crippen molar-refractivity contribution in [2.24, 2.45) is 0 Å². The number of non-ortho nitro benzene ring substituents is 1. The second kappa shape index (κ2) is 11.1. The van der Waals surface area contributed by atoms with E-state index in [9.17, 15) is 19.7 Å². The molecule has 0 spiro atoms. The third-order valence-electron chi connectivity index (χ3n) is 5.61. The minimum Gasteiger partial charge on any atom is -0.457 e. The molecular formula is C27H25N3O5. The van der Waals surface area contributed by atoms with Gasteiger partial charge in [-0.05, 0) is 67.3 Å². The summed E-state index contributed by atoms with van der Waals surface area (Å²) in [6.45, 7) is 1.25. The fraction of sp³-hybridized carbons (Fsp3) is 0.185. The molecule has 1 fully saturated rings. The Labute approximate surface area is 203 Å². The highest BCUT2D eigenvalue weighted by molar-refractivity contribution is 6.05. The number of carbonyl (C=O) groups is 2. The number of ether oxygens (including phenoxy) is 1. The first kappa shape index (κ1) is 23.7. The van der Waals surface area contributed by atoms with E-state index in [4.69, 9.17) is 4.74 Å². The summed E-state index contributed by atoms with van der Waals surface area (Å²) in [5.74, 6) is 0.490. The zero-order valence-corrected chi connectivity index (χ0v) is 19.1. The number of hydrogen-bond donors (Lipinski definition) is 1. The van der Waals surface area contributed by atoms with Gasteiger partial charge in [0.2, 0.25) is 0 Å². The van der Waals surface area contributed by atoms with Crippen LogP contribution < -0.4 is 10.1 Å². The summed E-state index contributed by atoms with van der Waals surface area (Å²) in [5.41, 5.74) is 0.918. The van der Waals surface area contributed by atoms with Gasteiger partial charge in [-0.25, -0.2) is 0 Å². The van der Waals surface area contributed by atoms with Crippen molar-refractivity contribution in [2.75, 3.05) is 13.1 Å². The number of carbonyl (C=O) groups excluding carboxylic acids is 2. The summed E-state index contributed by atoms with van der Waals surface area (Å²) in [6, 6.07) is 21.8. The molecule has 0 unspecified atom stereocenters. The van der Waals surface area contributed by atoms with Crippen LogP contribution in [0.25, 0.3) is 6.08 Å². The van der Waals surface area contributed by atoms with Crippen molar-refractivity contribution in [3.8, 4) is 11.5 Å². The van der Waals surface area contributed by atoms with Crippen molar-refractivity contribution >= 4 is 23.6 Å². The molecule has 0 radical (unpaired) electrons. The van der Waals surface area contributed by atoms with Gasteiger partial charge >= 0.3 is 0 Å². The van der Waals surface area contributed by atoms with Crippen molar-refractivity contribution < 1.29 is 19.2 Å². The van der Waals surface area contributed by atoms with Crippen LogP contribution in [0.15, 0.2) is 84.6 Å². The lowest BCUT2D eigenvalue weighted by Crippen LogP contribution is -2.41. The fourth-order valence-electron chi connectivity index (χ4n) is 3.81. The van der Waals surface area contributed by atoms with Crippen molar-refractivity contribution in [3.63, 3.8) is 0 Å². The van der Waals surface area contributed by atoms with Crippen molar-refractivity contribution in [2.45, 2.75) is 19.3 Å². The van der Waals surface area contributed by atoms with E-state index in [0.29, 0.717) is 30.2 Å². The van der Waals surface area contributed by atoms with Crippen LogP contribution in [0, 0.1) is 10.1 Å². The van der Waals surface area contributed by atoms with E-state index >= 15 is 0 Å². The summed E-state index contributed by atoms with van der Waals surface area (Å²) in [7, 11) is 0. The van der Waals surface area contributed by atoms with Gasteiger partial charge in [0.15, 0.2) is 0 Å². The maximum absolute atomic E-state index is 13.3. The molecule has 2 amide bonds. The summed E-state index contributed by atoms with van der Waals surface area (Å²) in [6.07, 6.45) is 4.51. The number of likely N-dealkylation sites (tertiary alicyclic amines) is 1. The van der Waals surface area contributed by atoms with E-state index in [1.807, 2.05) is 48.5 Å². The molecule has 1 aliphatic heterocycles. The Hall–Kier alpha value is -4.46. The largest absolute Gasteiger partial charge is 0.457 e. The molecule has 8 nitrogen and oxygen atoms in total. The number of nitro groups is 1. The summed E-state index contributed by atoms with van der Waals surface area (Å²) in [4.78, 5) is 38.3. The molecule has 0 bridgehead atoms. The van der Waals surface area contributed by atoms with Crippen LogP contribution in [-0.2, 0) is 4.79 Å². The summed E-state index contributed by atoms with van der Waals surface area (Å²) < 4.78 is 5.89. The molecule has 0 atom stereocenters. The van der Waals surface area contributed by atoms with Crippen molar-refractivity contribution in [3.05, 3.63) is 106 Å². The van der Waals surface area contributed by atoms with Gasteiger partial charge in [0, 0.05) is 30.8 Å². The fourth-order valence-corrected chi connectivity index (χ4v) is 3.81. The molecule has 3 aromatic carbocycles. The molecule has 4 rings (SSSR count). The molecule has 1 heterocycles. The minimum absolute atomic E-state index is 0.114.